The molecule has 1 N–H and O–H groups in total. The van der Waals surface area contributed by atoms with E-state index in [1.807, 2.05) is 0 Å². The molecule has 0 saturated heterocycles. The van der Waals surface area contributed by atoms with E-state index in [1.54, 1.807) is 0 Å². The number of nitrogens with one attached hydrogen (secondary N) is 1. The van der Waals surface area contributed by atoms with Crippen molar-refractivity contribution in [3.05, 3.63) is 53.6 Å². The molecule has 0 atom stereocenters. The maximum Gasteiger partial charge on any atom is 0.449 e. The summed E-state index contributed by atoms with van der Waals surface area (Å²) in [7, 11) is 0. The van der Waals surface area contributed by atoms with E-state index in [2.05, 4.69) is 9.97 Å². The number of H-pyrrole nitrogens is 1. The predicted octanol–water partition coefficient (Wildman–Crippen LogP) is 5.41. The van der Waals surface area contributed by atoms with Gasteiger partial charge in [-0.3, -0.25) is 0 Å². The van der Waals surface area contributed by atoms with Gasteiger partial charge in [-0.15, -0.1) is 0 Å². The van der Waals surface area contributed by atoms with Crippen molar-refractivity contribution < 1.29 is 30.7 Å². The van der Waals surface area contributed by atoms with Crippen LogP contribution >= 0.6 is 0 Å². The maximum atomic E-state index is 13.6. The van der Waals surface area contributed by atoms with Gasteiger partial charge in [0.15, 0.2) is 0 Å². The van der Waals surface area contributed by atoms with Crippen LogP contribution in [0.5, 0.6) is 0 Å². The normalized spacial score (nSPS) is 12.8. The molecule has 0 aliphatic heterocycles. The molecule has 1 aromatic heterocycles. The van der Waals surface area contributed by atoms with Crippen LogP contribution in [0, 0.1) is 5.82 Å². The fraction of sp³-hybridized carbons (Fsp3) is 0.133. The smallest absolute Gasteiger partial charge is 0.334 e. The highest BCUT2D eigenvalue weighted by molar-refractivity contribution is 5.82. The highest BCUT2D eigenvalue weighted by Gasteiger charge is 2.35. The number of halogens is 7. The van der Waals surface area contributed by atoms with E-state index in [-0.39, 0.29) is 22.2 Å². The van der Waals surface area contributed by atoms with Gasteiger partial charge in [-0.1, -0.05) is 12.1 Å². The van der Waals surface area contributed by atoms with Crippen LogP contribution in [0.4, 0.5) is 30.7 Å². The number of aromatic amines is 1. The molecule has 2 aromatic carbocycles. The van der Waals surface area contributed by atoms with Crippen LogP contribution in [0.1, 0.15) is 11.4 Å². The number of nitrogens with zero attached hydrogens (tertiary/aromatic N) is 1. The molecular weight excluding hydrogens is 341 g/mol. The van der Waals surface area contributed by atoms with Crippen molar-refractivity contribution in [3.8, 4) is 11.1 Å². The fourth-order valence-corrected chi connectivity index (χ4v) is 2.25. The van der Waals surface area contributed by atoms with Crippen LogP contribution in [0.3, 0.4) is 0 Å². The van der Waals surface area contributed by atoms with Crippen LogP contribution in [0.15, 0.2) is 36.4 Å². The summed E-state index contributed by atoms with van der Waals surface area (Å²) in [5.41, 5.74) is -0.968. The van der Waals surface area contributed by atoms with Crippen molar-refractivity contribution >= 4 is 11.0 Å². The van der Waals surface area contributed by atoms with E-state index in [9.17, 15) is 30.7 Å². The zero-order chi connectivity index (χ0) is 17.7. The molecule has 3 rings (SSSR count). The Morgan fingerprint density at radius 1 is 0.792 bits per heavy atom. The Morgan fingerprint density at radius 3 is 2.00 bits per heavy atom. The summed E-state index contributed by atoms with van der Waals surface area (Å²) in [6, 6.07) is 6.21. The van der Waals surface area contributed by atoms with Crippen molar-refractivity contribution in [2.45, 2.75) is 12.4 Å². The number of alkyl halides is 6. The standard InChI is InChI=1S/C15H7F7N2/c16-10-5-7(1-3-9(10)14(17,18)19)8-2-4-11-12(6-8)24-13(23-11)15(20,21)22/h1-6H,(H,23,24). The molecule has 2 nitrogen and oxygen atoms in total. The third-order valence-corrected chi connectivity index (χ3v) is 3.36. The van der Waals surface area contributed by atoms with E-state index in [0.717, 1.165) is 6.07 Å². The number of hydrogen-bond donors (Lipinski definition) is 1. The van der Waals surface area contributed by atoms with E-state index in [4.69, 9.17) is 0 Å². The van der Waals surface area contributed by atoms with Crippen molar-refractivity contribution in [1.29, 1.82) is 0 Å². The Labute approximate surface area is 129 Å². The van der Waals surface area contributed by atoms with Gasteiger partial charge in [-0.05, 0) is 35.4 Å². The molecular formula is C15H7F7N2. The Morgan fingerprint density at radius 2 is 1.42 bits per heavy atom. The van der Waals surface area contributed by atoms with Crippen LogP contribution in [-0.4, -0.2) is 9.97 Å². The van der Waals surface area contributed by atoms with Crippen molar-refractivity contribution in [2.24, 2.45) is 0 Å². The lowest BCUT2D eigenvalue weighted by atomic mass is 10.0. The first kappa shape index (κ1) is 16.3. The maximum absolute atomic E-state index is 13.6. The molecule has 0 radical (unpaired) electrons. The van der Waals surface area contributed by atoms with Crippen LogP contribution in [0.25, 0.3) is 22.2 Å². The summed E-state index contributed by atoms with van der Waals surface area (Å²) >= 11 is 0. The lowest BCUT2D eigenvalue weighted by molar-refractivity contribution is -0.144. The minimum Gasteiger partial charge on any atom is -0.334 e. The van der Waals surface area contributed by atoms with Gasteiger partial charge in [0, 0.05) is 0 Å². The van der Waals surface area contributed by atoms with Crippen molar-refractivity contribution in [1.82, 2.24) is 9.97 Å². The molecule has 0 spiro atoms. The minimum absolute atomic E-state index is 0.0402. The molecule has 126 valence electrons. The van der Waals surface area contributed by atoms with E-state index < -0.39 is 29.6 Å². The first-order valence-corrected chi connectivity index (χ1v) is 6.50. The van der Waals surface area contributed by atoms with E-state index >= 15 is 0 Å². The zero-order valence-corrected chi connectivity index (χ0v) is 11.6. The molecule has 24 heavy (non-hydrogen) atoms. The molecule has 0 aliphatic carbocycles. The average molecular weight is 348 g/mol. The van der Waals surface area contributed by atoms with Gasteiger partial charge in [0.25, 0.3) is 0 Å². The molecule has 0 bridgehead atoms. The molecule has 0 saturated carbocycles. The minimum atomic E-state index is -4.82. The highest BCUT2D eigenvalue weighted by Crippen LogP contribution is 2.34. The molecule has 0 amide bonds. The number of imidazole rings is 1. The van der Waals surface area contributed by atoms with Gasteiger partial charge >= 0.3 is 12.4 Å². The molecule has 3 aromatic rings. The monoisotopic (exact) mass is 348 g/mol. The van der Waals surface area contributed by atoms with E-state index in [0.29, 0.717) is 12.1 Å². The number of hydrogen-bond acceptors (Lipinski definition) is 1. The lowest BCUT2D eigenvalue weighted by Gasteiger charge is -2.09. The van der Waals surface area contributed by atoms with Crippen molar-refractivity contribution in [3.63, 3.8) is 0 Å². The van der Waals surface area contributed by atoms with Gasteiger partial charge in [0.05, 0.1) is 16.6 Å². The second-order valence-electron chi connectivity index (χ2n) is 5.01. The Bertz CT molecular complexity index is 906. The summed E-state index contributed by atoms with van der Waals surface area (Å²) in [4.78, 5) is 5.47. The Balaban J connectivity index is 2.05. The summed E-state index contributed by atoms with van der Waals surface area (Å²) < 4.78 is 89.1. The first-order valence-electron chi connectivity index (χ1n) is 6.50. The zero-order valence-electron chi connectivity index (χ0n) is 11.6. The molecule has 0 aliphatic rings. The predicted molar refractivity (Wildman–Crippen MR) is 71.5 cm³/mol. The van der Waals surface area contributed by atoms with Crippen LogP contribution in [-0.2, 0) is 12.4 Å². The third-order valence-electron chi connectivity index (χ3n) is 3.36. The quantitative estimate of drug-likeness (QED) is 0.586. The molecule has 9 heteroatoms. The van der Waals surface area contributed by atoms with E-state index in [1.165, 1.54) is 18.2 Å². The number of rotatable bonds is 1. The van der Waals surface area contributed by atoms with Crippen LogP contribution < -0.4 is 0 Å². The second-order valence-corrected chi connectivity index (χ2v) is 5.01. The molecule has 1 heterocycles. The second kappa shape index (κ2) is 5.22. The summed E-state index contributed by atoms with van der Waals surface area (Å²) in [6.07, 6.45) is -9.47. The first-order chi connectivity index (χ1) is 11.1. The number of aromatic nitrogens is 2. The van der Waals surface area contributed by atoms with Gasteiger partial charge in [0.2, 0.25) is 5.82 Å². The van der Waals surface area contributed by atoms with Gasteiger partial charge < -0.3 is 4.98 Å². The van der Waals surface area contributed by atoms with Gasteiger partial charge in [-0.2, -0.15) is 26.3 Å². The summed E-state index contributed by atoms with van der Waals surface area (Å²) in [6.45, 7) is 0. The molecule has 0 fully saturated rings. The van der Waals surface area contributed by atoms with Gasteiger partial charge in [0.1, 0.15) is 5.82 Å². The van der Waals surface area contributed by atoms with Gasteiger partial charge in [-0.25, -0.2) is 9.37 Å². The fourth-order valence-electron chi connectivity index (χ4n) is 2.25. The Kier molecular flexibility index (Phi) is 3.54. The SMILES string of the molecule is Fc1cc(-c2ccc3nc(C(F)(F)F)[nH]c3c2)ccc1C(F)(F)F. The highest BCUT2D eigenvalue weighted by atomic mass is 19.4. The van der Waals surface area contributed by atoms with Crippen molar-refractivity contribution in [2.75, 3.05) is 0 Å². The Hall–Kier alpha value is -2.58. The largest absolute Gasteiger partial charge is 0.449 e. The summed E-state index contributed by atoms with van der Waals surface area (Å²) in [5.74, 6) is -2.64. The third kappa shape index (κ3) is 2.93. The average Bonchev–Trinajstić information content (AvgIpc) is 2.88. The lowest BCUT2D eigenvalue weighted by Crippen LogP contribution is -2.07. The topological polar surface area (TPSA) is 28.7 Å². The summed E-state index contributed by atoms with van der Waals surface area (Å²) in [5, 5.41) is 0. The van der Waals surface area contributed by atoms with Crippen LogP contribution in [0.2, 0.25) is 0 Å². The number of benzene rings is 2. The molecule has 0 unspecified atom stereocenters. The number of fused-ring (bicyclic) bond motifs is 1.